The highest BCUT2D eigenvalue weighted by molar-refractivity contribution is 9.10. The zero-order chi connectivity index (χ0) is 15.9. The molecule has 1 fully saturated rings. The van der Waals surface area contributed by atoms with Crippen LogP contribution in [0.3, 0.4) is 0 Å². The number of halogens is 1. The Morgan fingerprint density at radius 1 is 1.00 bits per heavy atom. The van der Waals surface area contributed by atoms with Gasteiger partial charge in [-0.3, -0.25) is 0 Å². The summed E-state index contributed by atoms with van der Waals surface area (Å²) in [6, 6.07) is 17.5. The molecule has 2 aromatic carbocycles. The van der Waals surface area contributed by atoms with Crippen LogP contribution in [-0.4, -0.2) is 15.0 Å². The maximum atomic E-state index is 4.06. The lowest BCUT2D eigenvalue weighted by Crippen LogP contribution is -2.03. The van der Waals surface area contributed by atoms with E-state index in [-0.39, 0.29) is 0 Å². The first-order valence-electron chi connectivity index (χ1n) is 7.99. The standard InChI is InChI=1S/C19H18BrN3/c1-2-19(11-12-19)16-7-3-14(4-8-16)15-5-9-17(10-6-15)23-18(20)13-21-22-23/h3-10,13H,2,11-12H2,1H3. The van der Waals surface area contributed by atoms with E-state index in [0.717, 1.165) is 10.3 Å². The van der Waals surface area contributed by atoms with Crippen LogP contribution in [0.25, 0.3) is 16.8 Å². The van der Waals surface area contributed by atoms with Crippen molar-refractivity contribution in [1.82, 2.24) is 15.0 Å². The second kappa shape index (κ2) is 5.60. The van der Waals surface area contributed by atoms with Gasteiger partial charge in [0.2, 0.25) is 0 Å². The van der Waals surface area contributed by atoms with E-state index < -0.39 is 0 Å². The third-order valence-electron chi connectivity index (χ3n) is 4.98. The topological polar surface area (TPSA) is 30.7 Å². The Bertz CT molecular complexity index is 815. The van der Waals surface area contributed by atoms with Crippen molar-refractivity contribution in [3.05, 3.63) is 64.9 Å². The molecule has 0 spiro atoms. The van der Waals surface area contributed by atoms with Crippen molar-refractivity contribution in [2.45, 2.75) is 31.6 Å². The van der Waals surface area contributed by atoms with Gasteiger partial charge in [0.05, 0.1) is 11.9 Å². The Kier molecular flexibility index (Phi) is 3.57. The lowest BCUT2D eigenvalue weighted by molar-refractivity contribution is 0.664. The summed E-state index contributed by atoms with van der Waals surface area (Å²) in [6.07, 6.45) is 5.61. The fourth-order valence-corrected chi connectivity index (χ4v) is 3.57. The highest BCUT2D eigenvalue weighted by Gasteiger charge is 2.41. The SMILES string of the molecule is CCC1(c2ccc(-c3ccc(-n4nncc4Br)cc3)cc2)CC1. The van der Waals surface area contributed by atoms with Gasteiger partial charge in [0.15, 0.2) is 0 Å². The van der Waals surface area contributed by atoms with E-state index in [1.54, 1.807) is 10.9 Å². The molecule has 1 heterocycles. The normalized spacial score (nSPS) is 15.6. The fourth-order valence-electron chi connectivity index (χ4n) is 3.21. The third kappa shape index (κ3) is 2.61. The highest BCUT2D eigenvalue weighted by Crippen LogP contribution is 2.50. The van der Waals surface area contributed by atoms with Gasteiger partial charge in [-0.25, -0.2) is 4.68 Å². The molecule has 0 amide bonds. The second-order valence-corrected chi connectivity index (χ2v) is 7.04. The summed E-state index contributed by atoms with van der Waals surface area (Å²) in [5.74, 6) is 0. The number of nitrogens with zero attached hydrogens (tertiary/aromatic N) is 3. The van der Waals surface area contributed by atoms with Crippen molar-refractivity contribution in [3.8, 4) is 16.8 Å². The Morgan fingerprint density at radius 3 is 2.09 bits per heavy atom. The van der Waals surface area contributed by atoms with E-state index in [1.807, 2.05) is 0 Å². The molecule has 3 aromatic rings. The molecule has 0 bridgehead atoms. The number of hydrogen-bond acceptors (Lipinski definition) is 2. The molecule has 0 N–H and O–H groups in total. The van der Waals surface area contributed by atoms with Gasteiger partial charge in [-0.05, 0) is 69.4 Å². The van der Waals surface area contributed by atoms with Gasteiger partial charge >= 0.3 is 0 Å². The van der Waals surface area contributed by atoms with Crippen molar-refractivity contribution < 1.29 is 0 Å². The number of benzene rings is 2. The molecular formula is C19H18BrN3. The number of aromatic nitrogens is 3. The maximum Gasteiger partial charge on any atom is 0.130 e. The van der Waals surface area contributed by atoms with Crippen LogP contribution < -0.4 is 0 Å². The number of hydrogen-bond donors (Lipinski definition) is 0. The summed E-state index contributed by atoms with van der Waals surface area (Å²) in [6.45, 7) is 2.29. The van der Waals surface area contributed by atoms with Crippen molar-refractivity contribution in [1.29, 1.82) is 0 Å². The van der Waals surface area contributed by atoms with E-state index in [9.17, 15) is 0 Å². The Hall–Kier alpha value is -1.94. The molecule has 3 nitrogen and oxygen atoms in total. The van der Waals surface area contributed by atoms with Crippen LogP contribution in [0.1, 0.15) is 31.7 Å². The fraction of sp³-hybridized carbons (Fsp3) is 0.263. The minimum atomic E-state index is 0.474. The summed E-state index contributed by atoms with van der Waals surface area (Å²) in [5, 5.41) is 7.95. The van der Waals surface area contributed by atoms with Crippen molar-refractivity contribution in [3.63, 3.8) is 0 Å². The van der Waals surface area contributed by atoms with Crippen LogP contribution in [0.15, 0.2) is 59.3 Å². The van der Waals surface area contributed by atoms with Gasteiger partial charge in [-0.2, -0.15) is 0 Å². The summed E-state index contributed by atoms with van der Waals surface area (Å²) in [7, 11) is 0. The molecule has 0 aliphatic heterocycles. The van der Waals surface area contributed by atoms with Crippen LogP contribution in [-0.2, 0) is 5.41 Å². The van der Waals surface area contributed by atoms with Crippen molar-refractivity contribution in [2.75, 3.05) is 0 Å². The smallest absolute Gasteiger partial charge is 0.130 e. The second-order valence-electron chi connectivity index (χ2n) is 6.23. The molecule has 1 aromatic heterocycles. The summed E-state index contributed by atoms with van der Waals surface area (Å²) >= 11 is 3.44. The molecule has 4 rings (SSSR count). The zero-order valence-corrected chi connectivity index (χ0v) is 14.6. The zero-order valence-electron chi connectivity index (χ0n) is 13.0. The van der Waals surface area contributed by atoms with E-state index in [1.165, 1.54) is 36.0 Å². The van der Waals surface area contributed by atoms with E-state index in [4.69, 9.17) is 0 Å². The first kappa shape index (κ1) is 14.6. The molecule has 23 heavy (non-hydrogen) atoms. The first-order valence-corrected chi connectivity index (χ1v) is 8.79. The molecule has 1 aliphatic rings. The lowest BCUT2D eigenvalue weighted by atomic mass is 9.91. The van der Waals surface area contributed by atoms with Crippen LogP contribution in [0.5, 0.6) is 0 Å². The monoisotopic (exact) mass is 367 g/mol. The predicted molar refractivity (Wildman–Crippen MR) is 95.7 cm³/mol. The highest BCUT2D eigenvalue weighted by atomic mass is 79.9. The van der Waals surface area contributed by atoms with Crippen LogP contribution in [0.2, 0.25) is 0 Å². The minimum absolute atomic E-state index is 0.474. The van der Waals surface area contributed by atoms with Crippen molar-refractivity contribution in [2.24, 2.45) is 0 Å². The van der Waals surface area contributed by atoms with Gasteiger partial charge < -0.3 is 0 Å². The third-order valence-corrected chi connectivity index (χ3v) is 5.52. The molecule has 0 atom stereocenters. The summed E-state index contributed by atoms with van der Waals surface area (Å²) in [5.41, 5.74) is 5.44. The molecule has 116 valence electrons. The van der Waals surface area contributed by atoms with E-state index in [0.29, 0.717) is 5.41 Å². The van der Waals surface area contributed by atoms with Gasteiger partial charge in [-0.15, -0.1) is 5.10 Å². The number of rotatable bonds is 4. The van der Waals surface area contributed by atoms with Gasteiger partial charge in [0.25, 0.3) is 0 Å². The van der Waals surface area contributed by atoms with Gasteiger partial charge in [0, 0.05) is 0 Å². The largest absolute Gasteiger partial charge is 0.206 e. The summed E-state index contributed by atoms with van der Waals surface area (Å²) in [4.78, 5) is 0. The molecule has 1 aliphatic carbocycles. The molecule has 1 saturated carbocycles. The average molecular weight is 368 g/mol. The molecule has 0 unspecified atom stereocenters. The first-order chi connectivity index (χ1) is 11.2. The Balaban J connectivity index is 1.60. The Morgan fingerprint density at radius 2 is 1.61 bits per heavy atom. The minimum Gasteiger partial charge on any atom is -0.206 e. The molecule has 0 radical (unpaired) electrons. The van der Waals surface area contributed by atoms with E-state index >= 15 is 0 Å². The van der Waals surface area contributed by atoms with Gasteiger partial charge in [0.1, 0.15) is 4.60 Å². The lowest BCUT2D eigenvalue weighted by Gasteiger charge is -2.13. The maximum absolute atomic E-state index is 4.06. The van der Waals surface area contributed by atoms with Crippen LogP contribution >= 0.6 is 15.9 Å². The quantitative estimate of drug-likeness (QED) is 0.639. The average Bonchev–Trinajstić information content (AvgIpc) is 3.30. The molecule has 0 saturated heterocycles. The van der Waals surface area contributed by atoms with E-state index in [2.05, 4.69) is 81.7 Å². The molecule has 4 heteroatoms. The molecular weight excluding hydrogens is 350 g/mol. The van der Waals surface area contributed by atoms with Gasteiger partial charge in [-0.1, -0.05) is 48.5 Å². The predicted octanol–water partition coefficient (Wildman–Crippen LogP) is 5.14. The van der Waals surface area contributed by atoms with Crippen molar-refractivity contribution >= 4 is 15.9 Å². The van der Waals surface area contributed by atoms with Crippen LogP contribution in [0, 0.1) is 0 Å². The summed E-state index contributed by atoms with van der Waals surface area (Å²) < 4.78 is 2.62. The van der Waals surface area contributed by atoms with Crippen LogP contribution in [0.4, 0.5) is 0 Å². The Labute approximate surface area is 144 Å².